The van der Waals surface area contributed by atoms with E-state index >= 15 is 0 Å². The van der Waals surface area contributed by atoms with Crippen LogP contribution in [0.15, 0.2) is 61.3 Å². The summed E-state index contributed by atoms with van der Waals surface area (Å²) in [5, 5.41) is 0. The summed E-state index contributed by atoms with van der Waals surface area (Å²) in [6, 6.07) is 7.23. The summed E-state index contributed by atoms with van der Waals surface area (Å²) in [4.78, 5) is 23.7. The highest BCUT2D eigenvalue weighted by Crippen LogP contribution is 2.31. The van der Waals surface area contributed by atoms with Crippen molar-refractivity contribution in [2.45, 2.75) is 6.18 Å². The Kier molecular flexibility index (Phi) is 4.42. The first kappa shape index (κ1) is 16.6. The SMILES string of the molecule is O=C(c1cncnc1)c1ccc(Oc2ccc(C(F)(F)F)cc2)cn1. The van der Waals surface area contributed by atoms with Crippen molar-refractivity contribution in [1.82, 2.24) is 15.0 Å². The van der Waals surface area contributed by atoms with Crippen LogP contribution in [0.25, 0.3) is 0 Å². The van der Waals surface area contributed by atoms with E-state index in [2.05, 4.69) is 15.0 Å². The fourth-order valence-electron chi connectivity index (χ4n) is 1.99. The molecule has 0 unspecified atom stereocenters. The number of rotatable bonds is 4. The van der Waals surface area contributed by atoms with Gasteiger partial charge in [0.05, 0.1) is 17.3 Å². The lowest BCUT2D eigenvalue weighted by Gasteiger charge is -2.09. The van der Waals surface area contributed by atoms with Crippen molar-refractivity contribution in [3.8, 4) is 11.5 Å². The molecule has 0 N–H and O–H groups in total. The summed E-state index contributed by atoms with van der Waals surface area (Å²) in [7, 11) is 0. The number of benzene rings is 1. The minimum atomic E-state index is -4.40. The van der Waals surface area contributed by atoms with Crippen molar-refractivity contribution >= 4 is 5.78 Å². The number of alkyl halides is 3. The molecule has 8 heteroatoms. The molecule has 0 atom stereocenters. The Bertz CT molecular complexity index is 864. The third-order valence-electron chi connectivity index (χ3n) is 3.21. The van der Waals surface area contributed by atoms with Crippen LogP contribution in [0, 0.1) is 0 Å². The lowest BCUT2D eigenvalue weighted by Crippen LogP contribution is -2.05. The van der Waals surface area contributed by atoms with Gasteiger partial charge in [-0.15, -0.1) is 0 Å². The number of halogens is 3. The quantitative estimate of drug-likeness (QED) is 0.671. The first-order valence-corrected chi connectivity index (χ1v) is 7.04. The van der Waals surface area contributed by atoms with Crippen LogP contribution in [0.2, 0.25) is 0 Å². The molecule has 2 heterocycles. The number of nitrogens with zero attached hydrogens (tertiary/aromatic N) is 3. The topological polar surface area (TPSA) is 65.0 Å². The standard InChI is InChI=1S/C17H10F3N3O2/c18-17(19,20)12-1-3-13(4-2-12)25-14-5-6-15(23-9-14)16(24)11-7-21-10-22-8-11/h1-10H. The molecule has 0 fully saturated rings. The van der Waals surface area contributed by atoms with Crippen LogP contribution in [-0.2, 0) is 6.18 Å². The first-order chi connectivity index (χ1) is 11.9. The lowest BCUT2D eigenvalue weighted by atomic mass is 10.1. The molecule has 0 bridgehead atoms. The van der Waals surface area contributed by atoms with Crippen LogP contribution in [0.3, 0.4) is 0 Å². The van der Waals surface area contributed by atoms with Crippen molar-refractivity contribution in [3.05, 3.63) is 78.1 Å². The second kappa shape index (κ2) is 6.68. The molecule has 0 spiro atoms. The Hall–Kier alpha value is -3.29. The smallest absolute Gasteiger partial charge is 0.416 e. The maximum Gasteiger partial charge on any atom is 0.416 e. The van der Waals surface area contributed by atoms with E-state index < -0.39 is 11.7 Å². The van der Waals surface area contributed by atoms with Gasteiger partial charge in [0.2, 0.25) is 5.78 Å². The van der Waals surface area contributed by atoms with E-state index in [1.807, 2.05) is 0 Å². The van der Waals surface area contributed by atoms with Gasteiger partial charge in [0.1, 0.15) is 23.5 Å². The zero-order valence-corrected chi connectivity index (χ0v) is 12.6. The number of ketones is 1. The molecule has 0 saturated heterocycles. The van der Waals surface area contributed by atoms with Gasteiger partial charge in [-0.1, -0.05) is 0 Å². The van der Waals surface area contributed by atoms with E-state index in [1.54, 1.807) is 0 Å². The first-order valence-electron chi connectivity index (χ1n) is 7.04. The van der Waals surface area contributed by atoms with E-state index in [0.29, 0.717) is 11.3 Å². The summed E-state index contributed by atoms with van der Waals surface area (Å²) in [6.07, 6.45) is 0.983. The minimum Gasteiger partial charge on any atom is -0.456 e. The molecule has 0 aliphatic heterocycles. The monoisotopic (exact) mass is 345 g/mol. The van der Waals surface area contributed by atoms with Crippen LogP contribution in [0.4, 0.5) is 13.2 Å². The second-order valence-electron chi connectivity index (χ2n) is 4.96. The van der Waals surface area contributed by atoms with Crippen LogP contribution in [-0.4, -0.2) is 20.7 Å². The number of pyridine rings is 1. The normalized spacial score (nSPS) is 11.2. The Balaban J connectivity index is 1.72. The zero-order valence-electron chi connectivity index (χ0n) is 12.6. The summed E-state index contributed by atoms with van der Waals surface area (Å²) >= 11 is 0. The molecule has 126 valence electrons. The van der Waals surface area contributed by atoms with Crippen molar-refractivity contribution in [2.75, 3.05) is 0 Å². The largest absolute Gasteiger partial charge is 0.456 e. The number of hydrogen-bond donors (Lipinski definition) is 0. The van der Waals surface area contributed by atoms with Crippen molar-refractivity contribution < 1.29 is 22.7 Å². The average molecular weight is 345 g/mol. The predicted molar refractivity (Wildman–Crippen MR) is 81.2 cm³/mol. The van der Waals surface area contributed by atoms with Gasteiger partial charge in [0.15, 0.2) is 0 Å². The molecule has 3 rings (SSSR count). The molecule has 0 aliphatic carbocycles. The summed E-state index contributed by atoms with van der Waals surface area (Å²) in [6.45, 7) is 0. The van der Waals surface area contributed by atoms with Crippen molar-refractivity contribution in [3.63, 3.8) is 0 Å². The Morgan fingerprint density at radius 1 is 0.880 bits per heavy atom. The van der Waals surface area contributed by atoms with Crippen LogP contribution >= 0.6 is 0 Å². The minimum absolute atomic E-state index is 0.176. The number of carbonyl (C=O) groups excluding carboxylic acids is 1. The van der Waals surface area contributed by atoms with E-state index in [0.717, 1.165) is 12.1 Å². The molecule has 25 heavy (non-hydrogen) atoms. The third-order valence-corrected chi connectivity index (χ3v) is 3.21. The second-order valence-corrected chi connectivity index (χ2v) is 4.96. The van der Waals surface area contributed by atoms with Gasteiger partial charge in [-0.2, -0.15) is 13.2 Å². The van der Waals surface area contributed by atoms with Gasteiger partial charge in [-0.25, -0.2) is 15.0 Å². The highest BCUT2D eigenvalue weighted by molar-refractivity contribution is 6.07. The van der Waals surface area contributed by atoms with Gasteiger partial charge in [-0.3, -0.25) is 4.79 Å². The van der Waals surface area contributed by atoms with Crippen LogP contribution in [0.1, 0.15) is 21.6 Å². The fourth-order valence-corrected chi connectivity index (χ4v) is 1.99. The number of carbonyl (C=O) groups is 1. The number of aromatic nitrogens is 3. The molecule has 0 radical (unpaired) electrons. The van der Waals surface area contributed by atoms with Gasteiger partial charge in [-0.05, 0) is 36.4 Å². The van der Waals surface area contributed by atoms with E-state index in [4.69, 9.17) is 4.74 Å². The van der Waals surface area contributed by atoms with Gasteiger partial charge >= 0.3 is 6.18 Å². The molecular formula is C17H10F3N3O2. The van der Waals surface area contributed by atoms with Crippen molar-refractivity contribution in [2.24, 2.45) is 0 Å². The number of ether oxygens (including phenoxy) is 1. The summed E-state index contributed by atoms with van der Waals surface area (Å²) in [5.41, 5.74) is -0.287. The van der Waals surface area contributed by atoms with E-state index in [-0.39, 0.29) is 17.2 Å². The molecule has 2 aromatic heterocycles. The summed E-state index contributed by atoms with van der Waals surface area (Å²) < 4.78 is 43.0. The van der Waals surface area contributed by atoms with Crippen LogP contribution in [0.5, 0.6) is 11.5 Å². The zero-order chi connectivity index (χ0) is 17.9. The Morgan fingerprint density at radius 2 is 1.52 bits per heavy atom. The molecule has 0 saturated carbocycles. The molecule has 0 aliphatic rings. The van der Waals surface area contributed by atoms with Gasteiger partial charge < -0.3 is 4.74 Å². The maximum atomic E-state index is 12.5. The predicted octanol–water partition coefficient (Wildman–Crippen LogP) is 3.91. The highest BCUT2D eigenvalue weighted by atomic mass is 19.4. The molecule has 5 nitrogen and oxygen atoms in total. The Morgan fingerprint density at radius 3 is 2.08 bits per heavy atom. The number of hydrogen-bond acceptors (Lipinski definition) is 5. The molecule has 3 aromatic rings. The highest BCUT2D eigenvalue weighted by Gasteiger charge is 2.30. The van der Waals surface area contributed by atoms with Crippen LogP contribution < -0.4 is 4.74 Å². The van der Waals surface area contributed by atoms with Gasteiger partial charge in [0, 0.05) is 12.4 Å². The third kappa shape index (κ3) is 3.97. The lowest BCUT2D eigenvalue weighted by molar-refractivity contribution is -0.137. The van der Waals surface area contributed by atoms with Gasteiger partial charge in [0.25, 0.3) is 0 Å². The average Bonchev–Trinajstić information content (AvgIpc) is 2.62. The fraction of sp³-hybridized carbons (Fsp3) is 0.0588. The van der Waals surface area contributed by atoms with E-state index in [9.17, 15) is 18.0 Å². The molecule has 0 amide bonds. The molecule has 1 aromatic carbocycles. The van der Waals surface area contributed by atoms with Crippen molar-refractivity contribution in [1.29, 1.82) is 0 Å². The maximum absolute atomic E-state index is 12.5. The van der Waals surface area contributed by atoms with E-state index in [1.165, 1.54) is 49.2 Å². The Labute approximate surface area is 140 Å². The summed E-state index contributed by atoms with van der Waals surface area (Å²) in [5.74, 6) is 0.174. The molecular weight excluding hydrogens is 335 g/mol.